The SMILES string of the molecule is CNC(CCN1CC(O)C(O)C1)c1ccccc1. The molecule has 100 valence electrons. The largest absolute Gasteiger partial charge is 0.389 e. The highest BCUT2D eigenvalue weighted by Crippen LogP contribution is 2.18. The fraction of sp³-hybridized carbons (Fsp3) is 0.571. The number of β-amino-alcohol motifs (C(OH)–C–C–N with tert-alkyl or cyclic N) is 2. The first-order chi connectivity index (χ1) is 8.70. The Labute approximate surface area is 108 Å². The molecule has 0 aliphatic carbocycles. The molecule has 0 bridgehead atoms. The van der Waals surface area contributed by atoms with Crippen molar-refractivity contribution in [3.63, 3.8) is 0 Å². The molecular weight excluding hydrogens is 228 g/mol. The van der Waals surface area contributed by atoms with E-state index in [4.69, 9.17) is 0 Å². The van der Waals surface area contributed by atoms with Gasteiger partial charge < -0.3 is 15.5 Å². The summed E-state index contributed by atoms with van der Waals surface area (Å²) < 4.78 is 0. The zero-order valence-electron chi connectivity index (χ0n) is 10.8. The minimum Gasteiger partial charge on any atom is -0.389 e. The molecule has 0 amide bonds. The summed E-state index contributed by atoms with van der Waals surface area (Å²) in [4.78, 5) is 2.11. The van der Waals surface area contributed by atoms with Gasteiger partial charge in [-0.25, -0.2) is 0 Å². The van der Waals surface area contributed by atoms with Gasteiger partial charge in [0.1, 0.15) is 0 Å². The first kappa shape index (κ1) is 13.5. The van der Waals surface area contributed by atoms with Gasteiger partial charge in [-0.1, -0.05) is 30.3 Å². The van der Waals surface area contributed by atoms with Crippen LogP contribution in [0.3, 0.4) is 0 Å². The van der Waals surface area contributed by atoms with Crippen molar-refractivity contribution in [1.29, 1.82) is 0 Å². The van der Waals surface area contributed by atoms with Crippen LogP contribution in [0.2, 0.25) is 0 Å². The summed E-state index contributed by atoms with van der Waals surface area (Å²) >= 11 is 0. The molecule has 1 aliphatic rings. The monoisotopic (exact) mass is 250 g/mol. The maximum atomic E-state index is 9.50. The molecule has 1 aromatic rings. The third kappa shape index (κ3) is 3.29. The molecule has 3 atom stereocenters. The summed E-state index contributed by atoms with van der Waals surface area (Å²) in [6, 6.07) is 10.7. The second-order valence-corrected chi connectivity index (χ2v) is 4.93. The molecule has 1 aromatic carbocycles. The van der Waals surface area contributed by atoms with Gasteiger partial charge in [0.2, 0.25) is 0 Å². The zero-order chi connectivity index (χ0) is 13.0. The van der Waals surface area contributed by atoms with Crippen LogP contribution in [0.1, 0.15) is 18.0 Å². The fourth-order valence-electron chi connectivity index (χ4n) is 2.50. The topological polar surface area (TPSA) is 55.7 Å². The molecule has 0 aromatic heterocycles. The van der Waals surface area contributed by atoms with E-state index in [0.29, 0.717) is 19.1 Å². The maximum absolute atomic E-state index is 9.50. The minimum absolute atomic E-state index is 0.320. The van der Waals surface area contributed by atoms with E-state index in [2.05, 4.69) is 22.3 Å². The molecule has 1 aliphatic heterocycles. The van der Waals surface area contributed by atoms with Crippen LogP contribution in [0.5, 0.6) is 0 Å². The summed E-state index contributed by atoms with van der Waals surface area (Å²) in [6.45, 7) is 2.04. The van der Waals surface area contributed by atoms with Gasteiger partial charge in [-0.3, -0.25) is 4.90 Å². The smallest absolute Gasteiger partial charge is 0.0938 e. The first-order valence-electron chi connectivity index (χ1n) is 6.51. The van der Waals surface area contributed by atoms with Gasteiger partial charge in [0, 0.05) is 25.7 Å². The predicted octanol–water partition coefficient (Wildman–Crippen LogP) is 0.375. The average Bonchev–Trinajstić information content (AvgIpc) is 2.71. The van der Waals surface area contributed by atoms with Crippen molar-refractivity contribution in [2.24, 2.45) is 0 Å². The summed E-state index contributed by atoms with van der Waals surface area (Å²) in [6.07, 6.45) is -0.204. The second kappa shape index (κ2) is 6.29. The molecule has 0 spiro atoms. The highest BCUT2D eigenvalue weighted by Gasteiger charge is 2.29. The molecule has 4 heteroatoms. The number of benzene rings is 1. The molecule has 0 saturated carbocycles. The molecule has 1 saturated heterocycles. The Morgan fingerprint density at radius 1 is 1.22 bits per heavy atom. The van der Waals surface area contributed by atoms with Gasteiger partial charge in [-0.2, -0.15) is 0 Å². The van der Waals surface area contributed by atoms with Crippen LogP contribution in [0.25, 0.3) is 0 Å². The first-order valence-corrected chi connectivity index (χ1v) is 6.51. The maximum Gasteiger partial charge on any atom is 0.0938 e. The molecule has 0 radical (unpaired) electrons. The fourth-order valence-corrected chi connectivity index (χ4v) is 2.50. The van der Waals surface area contributed by atoms with Gasteiger partial charge in [-0.05, 0) is 19.0 Å². The standard InChI is InChI=1S/C14H22N2O2/c1-15-12(11-5-3-2-4-6-11)7-8-16-9-13(17)14(18)10-16/h2-6,12-15,17-18H,7-10H2,1H3. The number of likely N-dealkylation sites (tertiary alicyclic amines) is 1. The lowest BCUT2D eigenvalue weighted by atomic mass is 10.0. The van der Waals surface area contributed by atoms with Crippen molar-refractivity contribution < 1.29 is 10.2 Å². The summed E-state index contributed by atoms with van der Waals surface area (Å²) in [7, 11) is 1.96. The van der Waals surface area contributed by atoms with E-state index in [9.17, 15) is 10.2 Å². The van der Waals surface area contributed by atoms with Crippen LogP contribution < -0.4 is 5.32 Å². The van der Waals surface area contributed by atoms with E-state index in [0.717, 1.165) is 13.0 Å². The van der Waals surface area contributed by atoms with Crippen LogP contribution in [0.15, 0.2) is 30.3 Å². The number of hydrogen-bond acceptors (Lipinski definition) is 4. The normalized spacial score (nSPS) is 26.4. The van der Waals surface area contributed by atoms with E-state index in [1.807, 2.05) is 25.2 Å². The Morgan fingerprint density at radius 2 is 1.83 bits per heavy atom. The predicted molar refractivity (Wildman–Crippen MR) is 71.3 cm³/mol. The van der Waals surface area contributed by atoms with Gasteiger partial charge in [0.25, 0.3) is 0 Å². The highest BCUT2D eigenvalue weighted by atomic mass is 16.3. The van der Waals surface area contributed by atoms with E-state index in [1.54, 1.807) is 0 Å². The van der Waals surface area contributed by atoms with Crippen LogP contribution in [-0.2, 0) is 0 Å². The highest BCUT2D eigenvalue weighted by molar-refractivity contribution is 5.18. The molecule has 1 heterocycles. The van der Waals surface area contributed by atoms with Crippen molar-refractivity contribution in [1.82, 2.24) is 10.2 Å². The minimum atomic E-state index is -0.588. The average molecular weight is 250 g/mol. The molecule has 2 rings (SSSR count). The van der Waals surface area contributed by atoms with E-state index in [-0.39, 0.29) is 0 Å². The van der Waals surface area contributed by atoms with E-state index < -0.39 is 12.2 Å². The molecule has 18 heavy (non-hydrogen) atoms. The summed E-state index contributed by atoms with van der Waals surface area (Å²) in [5.74, 6) is 0. The number of aliphatic hydroxyl groups is 2. The number of hydrogen-bond donors (Lipinski definition) is 3. The lowest BCUT2D eigenvalue weighted by molar-refractivity contribution is 0.0572. The molecule has 4 nitrogen and oxygen atoms in total. The van der Waals surface area contributed by atoms with E-state index >= 15 is 0 Å². The summed E-state index contributed by atoms with van der Waals surface area (Å²) in [5, 5.41) is 22.3. The lowest BCUT2D eigenvalue weighted by Gasteiger charge is -2.21. The summed E-state index contributed by atoms with van der Waals surface area (Å²) in [5.41, 5.74) is 1.28. The molecule has 3 N–H and O–H groups in total. The number of aliphatic hydroxyl groups excluding tert-OH is 2. The van der Waals surface area contributed by atoms with Crippen molar-refractivity contribution in [3.8, 4) is 0 Å². The Morgan fingerprint density at radius 3 is 2.39 bits per heavy atom. The molecule has 1 fully saturated rings. The zero-order valence-corrected chi connectivity index (χ0v) is 10.8. The Hall–Kier alpha value is -0.940. The molecular formula is C14H22N2O2. The Bertz CT molecular complexity index is 348. The van der Waals surface area contributed by atoms with Crippen molar-refractivity contribution in [3.05, 3.63) is 35.9 Å². The molecule has 3 unspecified atom stereocenters. The number of nitrogens with one attached hydrogen (secondary N) is 1. The Kier molecular flexibility index (Phi) is 4.72. The number of nitrogens with zero attached hydrogens (tertiary/aromatic N) is 1. The van der Waals surface area contributed by atoms with Crippen LogP contribution >= 0.6 is 0 Å². The van der Waals surface area contributed by atoms with Gasteiger partial charge >= 0.3 is 0 Å². The van der Waals surface area contributed by atoms with Gasteiger partial charge in [0.05, 0.1) is 12.2 Å². The van der Waals surface area contributed by atoms with Crippen LogP contribution in [-0.4, -0.2) is 54.0 Å². The third-order valence-corrected chi connectivity index (χ3v) is 3.62. The second-order valence-electron chi connectivity index (χ2n) is 4.93. The van der Waals surface area contributed by atoms with Crippen molar-refractivity contribution in [2.45, 2.75) is 24.7 Å². The van der Waals surface area contributed by atoms with Crippen LogP contribution in [0.4, 0.5) is 0 Å². The lowest BCUT2D eigenvalue weighted by Crippen LogP contribution is -2.27. The van der Waals surface area contributed by atoms with Gasteiger partial charge in [-0.15, -0.1) is 0 Å². The van der Waals surface area contributed by atoms with E-state index in [1.165, 1.54) is 5.56 Å². The quantitative estimate of drug-likeness (QED) is 0.707. The van der Waals surface area contributed by atoms with Gasteiger partial charge in [0.15, 0.2) is 0 Å². The third-order valence-electron chi connectivity index (χ3n) is 3.62. The van der Waals surface area contributed by atoms with Crippen molar-refractivity contribution in [2.75, 3.05) is 26.7 Å². The Balaban J connectivity index is 1.85. The van der Waals surface area contributed by atoms with Crippen LogP contribution in [0, 0.1) is 0 Å². The number of rotatable bonds is 5. The van der Waals surface area contributed by atoms with Crippen molar-refractivity contribution >= 4 is 0 Å².